The van der Waals surface area contributed by atoms with Crippen molar-refractivity contribution in [1.82, 2.24) is 0 Å². The Balaban J connectivity index is 2.40. The van der Waals surface area contributed by atoms with Gasteiger partial charge in [0.25, 0.3) is 0 Å². The van der Waals surface area contributed by atoms with Crippen LogP contribution in [0.5, 0.6) is 0 Å². The summed E-state index contributed by atoms with van der Waals surface area (Å²) in [6.45, 7) is 3.09. The summed E-state index contributed by atoms with van der Waals surface area (Å²) in [5.41, 5.74) is 0. The van der Waals surface area contributed by atoms with Crippen LogP contribution in [0.3, 0.4) is 0 Å². The molecule has 0 spiro atoms. The summed E-state index contributed by atoms with van der Waals surface area (Å²) in [7, 11) is 1.34. The lowest BCUT2D eigenvalue weighted by molar-refractivity contribution is -0.144. The van der Waals surface area contributed by atoms with Crippen molar-refractivity contribution in [3.8, 4) is 0 Å². The van der Waals surface area contributed by atoms with Crippen LogP contribution >= 0.6 is 0 Å². The van der Waals surface area contributed by atoms with E-state index >= 15 is 0 Å². The minimum absolute atomic E-state index is 0.0680. The summed E-state index contributed by atoms with van der Waals surface area (Å²) in [5, 5.41) is 0. The maximum Gasteiger partial charge on any atom is 0.306 e. The highest BCUT2D eigenvalue weighted by Crippen LogP contribution is 2.21. The summed E-state index contributed by atoms with van der Waals surface area (Å²) in [6.07, 6.45) is 1.75. The van der Waals surface area contributed by atoms with E-state index in [1.807, 2.05) is 0 Å². The summed E-state index contributed by atoms with van der Waals surface area (Å²) in [5.74, 6) is -0.314. The maximum absolute atomic E-state index is 11.9. The standard InChI is InChI=1S/C11H18O4/c1-8(7-10(12)14-2)11(13)9-3-5-15-6-4-9/h8-9H,3-7H2,1-2H3. The number of carbonyl (C=O) groups is 2. The topological polar surface area (TPSA) is 52.6 Å². The van der Waals surface area contributed by atoms with Crippen molar-refractivity contribution in [3.63, 3.8) is 0 Å². The second kappa shape index (κ2) is 5.85. The molecule has 0 radical (unpaired) electrons. The number of hydrogen-bond donors (Lipinski definition) is 0. The number of ketones is 1. The van der Waals surface area contributed by atoms with Crippen molar-refractivity contribution in [3.05, 3.63) is 0 Å². The van der Waals surface area contributed by atoms with E-state index in [4.69, 9.17) is 4.74 Å². The minimum Gasteiger partial charge on any atom is -0.469 e. The molecule has 1 heterocycles. The zero-order valence-corrected chi connectivity index (χ0v) is 9.32. The number of rotatable bonds is 4. The Kier molecular flexibility index (Phi) is 4.75. The van der Waals surface area contributed by atoms with Crippen molar-refractivity contribution in [2.75, 3.05) is 20.3 Å². The van der Waals surface area contributed by atoms with E-state index < -0.39 is 0 Å². The largest absolute Gasteiger partial charge is 0.469 e. The average molecular weight is 214 g/mol. The van der Waals surface area contributed by atoms with Gasteiger partial charge in [0.1, 0.15) is 5.78 Å². The zero-order valence-electron chi connectivity index (χ0n) is 9.32. The van der Waals surface area contributed by atoms with Crippen LogP contribution in [-0.4, -0.2) is 32.1 Å². The van der Waals surface area contributed by atoms with Gasteiger partial charge in [0.2, 0.25) is 0 Å². The Bertz CT molecular complexity index is 231. The molecule has 1 atom stereocenters. The van der Waals surface area contributed by atoms with Crippen molar-refractivity contribution in [1.29, 1.82) is 0 Å². The Morgan fingerprint density at radius 1 is 1.40 bits per heavy atom. The van der Waals surface area contributed by atoms with Gasteiger partial charge in [-0.1, -0.05) is 6.92 Å². The molecule has 1 fully saturated rings. The Hall–Kier alpha value is -0.900. The number of hydrogen-bond acceptors (Lipinski definition) is 4. The van der Waals surface area contributed by atoms with Gasteiger partial charge in [-0.05, 0) is 12.8 Å². The van der Waals surface area contributed by atoms with Gasteiger partial charge in [0.05, 0.1) is 13.5 Å². The molecule has 1 saturated heterocycles. The Morgan fingerprint density at radius 3 is 2.53 bits per heavy atom. The molecule has 0 aromatic heterocycles. The molecule has 0 aliphatic carbocycles. The van der Waals surface area contributed by atoms with Crippen LogP contribution in [0.25, 0.3) is 0 Å². The van der Waals surface area contributed by atoms with E-state index in [2.05, 4.69) is 4.74 Å². The van der Waals surface area contributed by atoms with Crippen molar-refractivity contribution >= 4 is 11.8 Å². The van der Waals surface area contributed by atoms with Crippen LogP contribution in [0.15, 0.2) is 0 Å². The Morgan fingerprint density at radius 2 is 2.00 bits per heavy atom. The van der Waals surface area contributed by atoms with Gasteiger partial charge in [0, 0.05) is 25.0 Å². The highest BCUT2D eigenvalue weighted by atomic mass is 16.5. The van der Waals surface area contributed by atoms with Gasteiger partial charge in [-0.2, -0.15) is 0 Å². The number of carbonyl (C=O) groups excluding carboxylic acids is 2. The molecule has 0 aromatic carbocycles. The predicted octanol–water partition coefficient (Wildman–Crippen LogP) is 1.18. The molecule has 1 unspecified atom stereocenters. The van der Waals surface area contributed by atoms with Crippen LogP contribution in [-0.2, 0) is 19.1 Å². The Labute approximate surface area is 89.9 Å². The summed E-state index contributed by atoms with van der Waals surface area (Å²) >= 11 is 0. The lowest BCUT2D eigenvalue weighted by Gasteiger charge is -2.23. The third-order valence-corrected chi connectivity index (χ3v) is 2.81. The SMILES string of the molecule is COC(=O)CC(C)C(=O)C1CCOCC1. The van der Waals surface area contributed by atoms with Gasteiger partial charge in [-0.25, -0.2) is 0 Å². The first kappa shape index (κ1) is 12.2. The molecule has 0 N–H and O–H groups in total. The fraction of sp³-hybridized carbons (Fsp3) is 0.818. The molecule has 1 aliphatic heterocycles. The fourth-order valence-corrected chi connectivity index (χ4v) is 1.82. The van der Waals surface area contributed by atoms with Gasteiger partial charge in [-0.15, -0.1) is 0 Å². The summed E-state index contributed by atoms with van der Waals surface area (Å²) in [4.78, 5) is 22.9. The molecule has 0 aromatic rings. The molecule has 0 saturated carbocycles. The zero-order chi connectivity index (χ0) is 11.3. The van der Waals surface area contributed by atoms with E-state index in [0.29, 0.717) is 13.2 Å². The molecule has 1 rings (SSSR count). The van der Waals surface area contributed by atoms with E-state index in [1.165, 1.54) is 7.11 Å². The van der Waals surface area contributed by atoms with Crippen LogP contribution in [0.4, 0.5) is 0 Å². The molecule has 1 aliphatic rings. The quantitative estimate of drug-likeness (QED) is 0.659. The normalized spacial score (nSPS) is 19.6. The minimum atomic E-state index is -0.317. The monoisotopic (exact) mass is 214 g/mol. The number of methoxy groups -OCH3 is 1. The first-order valence-electron chi connectivity index (χ1n) is 5.33. The van der Waals surface area contributed by atoms with E-state index in [0.717, 1.165) is 12.8 Å². The smallest absolute Gasteiger partial charge is 0.306 e. The van der Waals surface area contributed by atoms with Crippen molar-refractivity contribution in [2.45, 2.75) is 26.2 Å². The number of ether oxygens (including phenoxy) is 2. The molecule has 15 heavy (non-hydrogen) atoms. The molecule has 0 bridgehead atoms. The van der Waals surface area contributed by atoms with Crippen molar-refractivity contribution < 1.29 is 19.1 Å². The fourth-order valence-electron chi connectivity index (χ4n) is 1.82. The van der Waals surface area contributed by atoms with Crippen LogP contribution in [0, 0.1) is 11.8 Å². The first-order valence-corrected chi connectivity index (χ1v) is 5.33. The van der Waals surface area contributed by atoms with Gasteiger partial charge >= 0.3 is 5.97 Å². The van der Waals surface area contributed by atoms with Crippen LogP contribution < -0.4 is 0 Å². The molecular formula is C11H18O4. The van der Waals surface area contributed by atoms with Gasteiger partial charge < -0.3 is 9.47 Å². The van der Waals surface area contributed by atoms with Gasteiger partial charge in [0.15, 0.2) is 0 Å². The lowest BCUT2D eigenvalue weighted by atomic mass is 9.87. The molecule has 86 valence electrons. The second-order valence-corrected chi connectivity index (χ2v) is 3.97. The third kappa shape index (κ3) is 3.63. The maximum atomic E-state index is 11.9. The highest BCUT2D eigenvalue weighted by Gasteiger charge is 2.27. The molecule has 0 amide bonds. The van der Waals surface area contributed by atoms with E-state index in [-0.39, 0.29) is 30.0 Å². The summed E-state index contributed by atoms with van der Waals surface area (Å²) < 4.78 is 9.73. The number of Topliss-reactive ketones (excluding diaryl/α,β-unsaturated/α-hetero) is 1. The molecule has 4 heteroatoms. The second-order valence-electron chi connectivity index (χ2n) is 3.97. The average Bonchev–Trinajstić information content (AvgIpc) is 2.29. The molecular weight excluding hydrogens is 196 g/mol. The molecule has 4 nitrogen and oxygen atoms in total. The van der Waals surface area contributed by atoms with Crippen LogP contribution in [0.2, 0.25) is 0 Å². The van der Waals surface area contributed by atoms with Crippen molar-refractivity contribution in [2.24, 2.45) is 11.8 Å². The highest BCUT2D eigenvalue weighted by molar-refractivity contribution is 5.86. The lowest BCUT2D eigenvalue weighted by Crippen LogP contribution is -2.29. The summed E-state index contributed by atoms with van der Waals surface area (Å²) in [6, 6.07) is 0. The predicted molar refractivity (Wildman–Crippen MR) is 54.3 cm³/mol. The van der Waals surface area contributed by atoms with Crippen LogP contribution in [0.1, 0.15) is 26.2 Å². The first-order chi connectivity index (χ1) is 7.15. The van der Waals surface area contributed by atoms with Gasteiger partial charge in [-0.3, -0.25) is 9.59 Å². The third-order valence-electron chi connectivity index (χ3n) is 2.81. The van der Waals surface area contributed by atoms with E-state index in [1.54, 1.807) is 6.92 Å². The van der Waals surface area contributed by atoms with E-state index in [9.17, 15) is 9.59 Å². The number of esters is 1.